The third-order valence-electron chi connectivity index (χ3n) is 5.43. The van der Waals surface area contributed by atoms with E-state index < -0.39 is 40.8 Å². The molecule has 0 saturated carbocycles. The van der Waals surface area contributed by atoms with Crippen molar-refractivity contribution in [3.8, 4) is 11.8 Å². The van der Waals surface area contributed by atoms with E-state index in [1.807, 2.05) is 6.07 Å². The molecule has 0 spiro atoms. The zero-order chi connectivity index (χ0) is 25.5. The second kappa shape index (κ2) is 9.39. The number of fused-ring (bicyclic) bond motifs is 1. The number of hydrogen-bond donors (Lipinski definition) is 0. The smallest absolute Gasteiger partial charge is 0.417 e. The van der Waals surface area contributed by atoms with Crippen LogP contribution >= 0.6 is 23.4 Å². The number of pyridine rings is 1. The monoisotopic (exact) mass is 526 g/mol. The van der Waals surface area contributed by atoms with Gasteiger partial charge in [0.25, 0.3) is 5.91 Å². The summed E-state index contributed by atoms with van der Waals surface area (Å²) in [5, 5.41) is 8.15. The van der Waals surface area contributed by atoms with Crippen molar-refractivity contribution in [3.05, 3.63) is 58.6 Å². The summed E-state index contributed by atoms with van der Waals surface area (Å²) in [7, 11) is 1.28. The molecule has 2 aliphatic rings. The Morgan fingerprint density at radius 3 is 2.66 bits per heavy atom. The molecule has 182 valence electrons. The summed E-state index contributed by atoms with van der Waals surface area (Å²) >= 11 is 7.25. The third kappa shape index (κ3) is 4.53. The fourth-order valence-electron chi connectivity index (χ4n) is 3.80. The van der Waals surface area contributed by atoms with Crippen molar-refractivity contribution in [2.45, 2.75) is 23.9 Å². The summed E-state index contributed by atoms with van der Waals surface area (Å²) in [4.78, 5) is 32.5. The Morgan fingerprint density at radius 2 is 2.00 bits per heavy atom. The molecule has 1 aromatic heterocycles. The number of alkyl halides is 3. The van der Waals surface area contributed by atoms with E-state index in [2.05, 4.69) is 4.98 Å². The molecule has 0 aliphatic carbocycles. The number of rotatable bonds is 5. The first-order valence-corrected chi connectivity index (χ1v) is 11.3. The van der Waals surface area contributed by atoms with E-state index in [1.165, 1.54) is 18.1 Å². The lowest BCUT2D eigenvalue weighted by atomic mass is 10.0. The molecule has 0 radical (unpaired) electrons. The lowest BCUT2D eigenvalue weighted by Crippen LogP contribution is -2.62. The van der Waals surface area contributed by atoms with Gasteiger partial charge >= 0.3 is 12.2 Å². The summed E-state index contributed by atoms with van der Waals surface area (Å²) in [5.74, 6) is -1.52. The molecule has 1 saturated heterocycles. The van der Waals surface area contributed by atoms with Crippen LogP contribution in [-0.4, -0.2) is 46.8 Å². The van der Waals surface area contributed by atoms with Crippen molar-refractivity contribution in [1.82, 2.24) is 9.88 Å². The Kier molecular flexibility index (Phi) is 6.66. The van der Waals surface area contributed by atoms with Crippen molar-refractivity contribution >= 4 is 45.9 Å². The Hall–Kier alpha value is -3.30. The summed E-state index contributed by atoms with van der Waals surface area (Å²) < 4.78 is 58.7. The van der Waals surface area contributed by atoms with E-state index >= 15 is 0 Å². The average Bonchev–Trinajstić information content (AvgIpc) is 3.24. The van der Waals surface area contributed by atoms with Crippen molar-refractivity contribution < 1.29 is 31.9 Å². The third-order valence-corrected chi connectivity index (χ3v) is 7.08. The first kappa shape index (κ1) is 24.8. The van der Waals surface area contributed by atoms with Gasteiger partial charge in [-0.15, -0.1) is 11.8 Å². The zero-order valence-corrected chi connectivity index (χ0v) is 19.4. The number of amides is 3. The molecule has 3 heterocycles. The quantitative estimate of drug-likeness (QED) is 0.503. The fourth-order valence-corrected chi connectivity index (χ4v) is 5.47. The maximum Gasteiger partial charge on any atom is 0.417 e. The number of imide groups is 1. The van der Waals surface area contributed by atoms with E-state index in [0.29, 0.717) is 27.6 Å². The van der Waals surface area contributed by atoms with Gasteiger partial charge in [0.2, 0.25) is 0 Å². The largest absolute Gasteiger partial charge is 0.494 e. The van der Waals surface area contributed by atoms with E-state index in [1.54, 1.807) is 6.08 Å². The van der Waals surface area contributed by atoms with E-state index in [4.69, 9.17) is 21.6 Å². The number of benzene rings is 1. The number of urea groups is 1. The number of aromatic nitrogens is 1. The topological polar surface area (TPSA) is 86.5 Å². The number of nitrogens with zero attached hydrogens (tertiary/aromatic N) is 4. The second-order valence-corrected chi connectivity index (χ2v) is 9.10. The van der Waals surface area contributed by atoms with Gasteiger partial charge < -0.3 is 9.64 Å². The van der Waals surface area contributed by atoms with Crippen LogP contribution in [0.5, 0.6) is 5.75 Å². The van der Waals surface area contributed by atoms with Crippen LogP contribution in [-0.2, 0) is 11.0 Å². The molecule has 0 bridgehead atoms. The predicted octanol–water partition coefficient (Wildman–Crippen LogP) is 5.11. The Labute approximate surface area is 205 Å². The molecule has 35 heavy (non-hydrogen) atoms. The number of nitriles is 1. The molecular weight excluding hydrogens is 512 g/mol. The fraction of sp³-hybridized carbons (Fsp3) is 0.273. The van der Waals surface area contributed by atoms with Crippen LogP contribution in [0.25, 0.3) is 4.91 Å². The van der Waals surface area contributed by atoms with E-state index in [0.717, 1.165) is 24.0 Å². The number of carbonyl (C=O) groups excluding carboxylic acids is 2. The summed E-state index contributed by atoms with van der Waals surface area (Å²) in [5.41, 5.74) is -1.10. The lowest BCUT2D eigenvalue weighted by Gasteiger charge is -2.40. The SMILES string of the molecule is COc1cc(C2=CC3C(S2)C(=O)N(c2cncc(C(F)(F)F)c2)C(=O)N3CCC#N)c(Cl)cc1F. The van der Waals surface area contributed by atoms with Crippen molar-refractivity contribution in [3.63, 3.8) is 0 Å². The molecule has 1 aromatic carbocycles. The van der Waals surface area contributed by atoms with Crippen molar-refractivity contribution in [2.75, 3.05) is 18.6 Å². The Balaban J connectivity index is 1.75. The van der Waals surface area contributed by atoms with Gasteiger partial charge in [0.05, 0.1) is 48.1 Å². The maximum absolute atomic E-state index is 14.0. The number of anilines is 1. The highest BCUT2D eigenvalue weighted by Crippen LogP contribution is 2.47. The van der Waals surface area contributed by atoms with E-state index in [9.17, 15) is 27.2 Å². The van der Waals surface area contributed by atoms with Crippen LogP contribution in [0.15, 0.2) is 36.7 Å². The first-order chi connectivity index (χ1) is 16.6. The van der Waals surface area contributed by atoms with E-state index in [-0.39, 0.29) is 29.4 Å². The molecule has 7 nitrogen and oxygen atoms in total. The predicted molar refractivity (Wildman–Crippen MR) is 120 cm³/mol. The molecule has 4 rings (SSSR count). The number of halogens is 5. The molecule has 3 amide bonds. The Bertz CT molecular complexity index is 1280. The van der Waals surface area contributed by atoms with Gasteiger partial charge in [-0.1, -0.05) is 11.6 Å². The second-order valence-electron chi connectivity index (χ2n) is 7.51. The molecule has 1 fully saturated rings. The maximum atomic E-state index is 14.0. The molecule has 13 heteroatoms. The lowest BCUT2D eigenvalue weighted by molar-refractivity contribution is -0.137. The molecule has 2 atom stereocenters. The minimum atomic E-state index is -4.73. The van der Waals surface area contributed by atoms with Gasteiger partial charge in [0.15, 0.2) is 11.6 Å². The number of hydrogen-bond acceptors (Lipinski definition) is 6. The molecule has 2 aromatic rings. The van der Waals surface area contributed by atoms with Gasteiger partial charge in [-0.2, -0.15) is 18.4 Å². The average molecular weight is 527 g/mol. The normalized spacial score (nSPS) is 20.0. The minimum Gasteiger partial charge on any atom is -0.494 e. The molecule has 2 aliphatic heterocycles. The van der Waals surface area contributed by atoms with Crippen LogP contribution in [0.4, 0.5) is 28.0 Å². The number of thioether (sulfide) groups is 1. The van der Waals surface area contributed by atoms with Crippen molar-refractivity contribution in [1.29, 1.82) is 5.26 Å². The van der Waals surface area contributed by atoms with Gasteiger partial charge in [0, 0.05) is 23.2 Å². The number of ether oxygens (including phenoxy) is 1. The van der Waals surface area contributed by atoms with Crippen LogP contribution < -0.4 is 9.64 Å². The summed E-state index contributed by atoms with van der Waals surface area (Å²) in [6.45, 7) is -0.0719. The van der Waals surface area contributed by atoms with Gasteiger partial charge in [0.1, 0.15) is 5.25 Å². The first-order valence-electron chi connectivity index (χ1n) is 10.0. The van der Waals surface area contributed by atoms with Crippen LogP contribution in [0, 0.1) is 17.1 Å². The van der Waals surface area contributed by atoms with Crippen molar-refractivity contribution in [2.24, 2.45) is 0 Å². The number of methoxy groups -OCH3 is 1. The van der Waals surface area contributed by atoms with Crippen LogP contribution in [0.3, 0.4) is 0 Å². The highest BCUT2D eigenvalue weighted by Gasteiger charge is 2.50. The van der Waals surface area contributed by atoms with Gasteiger partial charge in [-0.05, 0) is 24.3 Å². The molecule has 2 unspecified atom stereocenters. The van der Waals surface area contributed by atoms with Gasteiger partial charge in [-0.3, -0.25) is 9.78 Å². The number of carbonyl (C=O) groups is 2. The standard InChI is InChI=1S/C22H15ClF4N4O3S/c1-34-17-6-13(14(23)7-15(17)24)18-8-16-19(35-18)20(32)31(21(33)30(16)4-2-3-28)12-5-11(9-29-10-12)22(25,26)27/h5-10,16,19H,2,4H2,1H3. The van der Waals surface area contributed by atoms with Gasteiger partial charge in [-0.25, -0.2) is 14.1 Å². The molecular formula is C22H15ClF4N4O3S. The summed E-state index contributed by atoms with van der Waals surface area (Å²) in [6, 6.07) is 3.32. The Morgan fingerprint density at radius 1 is 1.26 bits per heavy atom. The summed E-state index contributed by atoms with van der Waals surface area (Å²) in [6.07, 6.45) is -1.63. The van der Waals surface area contributed by atoms with Crippen LogP contribution in [0.2, 0.25) is 5.02 Å². The minimum absolute atomic E-state index is 0.0435. The molecule has 0 N–H and O–H groups in total. The zero-order valence-electron chi connectivity index (χ0n) is 17.8. The highest BCUT2D eigenvalue weighted by molar-refractivity contribution is 8.09. The van der Waals surface area contributed by atoms with Crippen LogP contribution in [0.1, 0.15) is 17.5 Å². The highest BCUT2D eigenvalue weighted by atomic mass is 35.5.